The SMILES string of the molecule is O[C@@H]1CN(CCN2CCCCCC2)CC[C@@H]1c1ccccc1. The summed E-state index contributed by atoms with van der Waals surface area (Å²) < 4.78 is 0. The van der Waals surface area contributed by atoms with Crippen molar-refractivity contribution in [2.75, 3.05) is 39.3 Å². The molecule has 1 N–H and O–H groups in total. The van der Waals surface area contributed by atoms with Crippen molar-refractivity contribution in [3.8, 4) is 0 Å². The van der Waals surface area contributed by atoms with E-state index in [0.29, 0.717) is 5.92 Å². The van der Waals surface area contributed by atoms with Crippen LogP contribution in [0.1, 0.15) is 43.6 Å². The number of benzene rings is 1. The topological polar surface area (TPSA) is 26.7 Å². The van der Waals surface area contributed by atoms with Crippen LogP contribution in [0.5, 0.6) is 0 Å². The van der Waals surface area contributed by atoms with Crippen LogP contribution in [0.15, 0.2) is 30.3 Å². The van der Waals surface area contributed by atoms with Gasteiger partial charge >= 0.3 is 0 Å². The number of piperidine rings is 1. The molecule has 2 saturated heterocycles. The zero-order valence-electron chi connectivity index (χ0n) is 13.7. The Morgan fingerprint density at radius 3 is 2.23 bits per heavy atom. The van der Waals surface area contributed by atoms with Crippen LogP contribution in [0, 0.1) is 0 Å². The first-order valence-electron chi connectivity index (χ1n) is 9.00. The van der Waals surface area contributed by atoms with Gasteiger partial charge in [-0.25, -0.2) is 0 Å². The summed E-state index contributed by atoms with van der Waals surface area (Å²) in [6.07, 6.45) is 6.37. The molecular formula is C19H30N2O. The minimum absolute atomic E-state index is 0.222. The van der Waals surface area contributed by atoms with Gasteiger partial charge in [0.1, 0.15) is 0 Å². The Hall–Kier alpha value is -0.900. The van der Waals surface area contributed by atoms with E-state index in [1.54, 1.807) is 0 Å². The number of aliphatic hydroxyl groups excluding tert-OH is 1. The quantitative estimate of drug-likeness (QED) is 0.926. The summed E-state index contributed by atoms with van der Waals surface area (Å²) in [4.78, 5) is 5.07. The second-order valence-electron chi connectivity index (χ2n) is 6.93. The van der Waals surface area contributed by atoms with E-state index < -0.39 is 0 Å². The third-order valence-electron chi connectivity index (χ3n) is 5.32. The van der Waals surface area contributed by atoms with E-state index in [9.17, 15) is 5.11 Å². The highest BCUT2D eigenvalue weighted by molar-refractivity contribution is 5.21. The van der Waals surface area contributed by atoms with E-state index in [1.807, 2.05) is 6.07 Å². The lowest BCUT2D eigenvalue weighted by Gasteiger charge is -2.37. The summed E-state index contributed by atoms with van der Waals surface area (Å²) in [5.74, 6) is 0.315. The highest BCUT2D eigenvalue weighted by atomic mass is 16.3. The third kappa shape index (κ3) is 4.31. The first kappa shape index (κ1) is 16.0. The fourth-order valence-corrected chi connectivity index (χ4v) is 3.93. The molecule has 0 radical (unpaired) electrons. The van der Waals surface area contributed by atoms with Crippen molar-refractivity contribution in [3.05, 3.63) is 35.9 Å². The second kappa shape index (κ2) is 8.09. The lowest BCUT2D eigenvalue weighted by atomic mass is 9.87. The molecular weight excluding hydrogens is 272 g/mol. The van der Waals surface area contributed by atoms with Gasteiger partial charge in [0.25, 0.3) is 0 Å². The molecule has 0 aromatic heterocycles. The Bertz CT molecular complexity index is 428. The van der Waals surface area contributed by atoms with E-state index in [1.165, 1.54) is 50.9 Å². The van der Waals surface area contributed by atoms with E-state index in [-0.39, 0.29) is 6.10 Å². The van der Waals surface area contributed by atoms with Crippen LogP contribution >= 0.6 is 0 Å². The van der Waals surface area contributed by atoms with Gasteiger partial charge in [0.05, 0.1) is 6.10 Å². The van der Waals surface area contributed by atoms with Crippen molar-refractivity contribution in [2.45, 2.75) is 44.1 Å². The van der Waals surface area contributed by atoms with Gasteiger partial charge < -0.3 is 10.0 Å². The molecule has 1 aromatic carbocycles. The standard InChI is InChI=1S/C19H30N2O/c22-19-16-21(15-14-20-11-6-1-2-7-12-20)13-10-18(19)17-8-4-3-5-9-17/h3-5,8-9,18-19,22H,1-2,6-7,10-16H2/t18-,19-/m1/s1. The van der Waals surface area contributed by atoms with Gasteiger partial charge in [-0.3, -0.25) is 4.90 Å². The molecule has 0 spiro atoms. The molecule has 0 saturated carbocycles. The second-order valence-corrected chi connectivity index (χ2v) is 6.93. The smallest absolute Gasteiger partial charge is 0.0735 e. The number of likely N-dealkylation sites (tertiary alicyclic amines) is 2. The normalized spacial score (nSPS) is 28.4. The van der Waals surface area contributed by atoms with Crippen molar-refractivity contribution >= 4 is 0 Å². The van der Waals surface area contributed by atoms with Crippen LogP contribution < -0.4 is 0 Å². The van der Waals surface area contributed by atoms with E-state index in [0.717, 1.165) is 26.1 Å². The molecule has 0 amide bonds. The lowest BCUT2D eigenvalue weighted by Crippen LogP contribution is -2.45. The van der Waals surface area contributed by atoms with Crippen molar-refractivity contribution in [1.82, 2.24) is 9.80 Å². The summed E-state index contributed by atoms with van der Waals surface area (Å²) in [6.45, 7) is 6.76. The van der Waals surface area contributed by atoms with E-state index >= 15 is 0 Å². The van der Waals surface area contributed by atoms with Gasteiger partial charge in [0.15, 0.2) is 0 Å². The predicted octanol–water partition coefficient (Wildman–Crippen LogP) is 2.71. The number of hydrogen-bond donors (Lipinski definition) is 1. The number of rotatable bonds is 4. The molecule has 0 unspecified atom stereocenters. The largest absolute Gasteiger partial charge is 0.391 e. The van der Waals surface area contributed by atoms with Gasteiger partial charge in [0.2, 0.25) is 0 Å². The average Bonchev–Trinajstić information content (AvgIpc) is 2.82. The maximum atomic E-state index is 10.5. The highest BCUT2D eigenvalue weighted by Gasteiger charge is 2.28. The molecule has 0 bridgehead atoms. The van der Waals surface area contributed by atoms with Crippen LogP contribution in [0.25, 0.3) is 0 Å². The maximum absolute atomic E-state index is 10.5. The summed E-state index contributed by atoms with van der Waals surface area (Å²) in [5, 5.41) is 10.5. The van der Waals surface area contributed by atoms with Crippen LogP contribution in [0.3, 0.4) is 0 Å². The number of aliphatic hydroxyl groups is 1. The minimum Gasteiger partial charge on any atom is -0.391 e. The highest BCUT2D eigenvalue weighted by Crippen LogP contribution is 2.28. The summed E-state index contributed by atoms with van der Waals surface area (Å²) in [5.41, 5.74) is 1.29. The number of nitrogens with zero attached hydrogens (tertiary/aromatic N) is 2. The van der Waals surface area contributed by atoms with Crippen molar-refractivity contribution < 1.29 is 5.11 Å². The molecule has 2 atom stereocenters. The average molecular weight is 302 g/mol. The molecule has 1 aromatic rings. The fourth-order valence-electron chi connectivity index (χ4n) is 3.93. The Balaban J connectivity index is 1.46. The van der Waals surface area contributed by atoms with Crippen LogP contribution in [-0.2, 0) is 0 Å². The molecule has 122 valence electrons. The number of β-amino-alcohol motifs (C(OH)–C–C–N with tert-alkyl or cyclic N) is 1. The Morgan fingerprint density at radius 1 is 0.864 bits per heavy atom. The first-order valence-corrected chi connectivity index (χ1v) is 9.00. The van der Waals surface area contributed by atoms with Gasteiger partial charge in [-0.15, -0.1) is 0 Å². The predicted molar refractivity (Wildman–Crippen MR) is 91.2 cm³/mol. The van der Waals surface area contributed by atoms with Crippen molar-refractivity contribution in [1.29, 1.82) is 0 Å². The Morgan fingerprint density at radius 2 is 1.55 bits per heavy atom. The van der Waals surface area contributed by atoms with Gasteiger partial charge in [-0.05, 0) is 44.5 Å². The molecule has 2 fully saturated rings. The molecule has 2 aliphatic rings. The number of hydrogen-bond acceptors (Lipinski definition) is 3. The summed E-state index contributed by atoms with van der Waals surface area (Å²) in [6, 6.07) is 10.5. The van der Waals surface area contributed by atoms with Crippen LogP contribution in [0.4, 0.5) is 0 Å². The lowest BCUT2D eigenvalue weighted by molar-refractivity contribution is 0.0465. The molecule has 0 aliphatic carbocycles. The zero-order chi connectivity index (χ0) is 15.2. The molecule has 22 heavy (non-hydrogen) atoms. The Labute approximate surface area is 134 Å². The molecule has 2 aliphatic heterocycles. The monoisotopic (exact) mass is 302 g/mol. The van der Waals surface area contributed by atoms with Gasteiger partial charge in [-0.2, -0.15) is 0 Å². The molecule has 3 heteroatoms. The molecule has 3 nitrogen and oxygen atoms in total. The van der Waals surface area contributed by atoms with E-state index in [4.69, 9.17) is 0 Å². The summed E-state index contributed by atoms with van der Waals surface area (Å²) >= 11 is 0. The molecule has 3 rings (SSSR count). The molecule has 2 heterocycles. The van der Waals surface area contributed by atoms with E-state index in [2.05, 4.69) is 34.1 Å². The Kier molecular flexibility index (Phi) is 5.88. The van der Waals surface area contributed by atoms with Crippen LogP contribution in [-0.4, -0.2) is 60.3 Å². The van der Waals surface area contributed by atoms with Crippen LogP contribution in [0.2, 0.25) is 0 Å². The zero-order valence-corrected chi connectivity index (χ0v) is 13.7. The fraction of sp³-hybridized carbons (Fsp3) is 0.684. The minimum atomic E-state index is -0.222. The van der Waals surface area contributed by atoms with Gasteiger partial charge in [0, 0.05) is 25.6 Å². The van der Waals surface area contributed by atoms with Crippen molar-refractivity contribution in [3.63, 3.8) is 0 Å². The third-order valence-corrected chi connectivity index (χ3v) is 5.32. The van der Waals surface area contributed by atoms with Gasteiger partial charge in [-0.1, -0.05) is 43.2 Å². The van der Waals surface area contributed by atoms with Crippen molar-refractivity contribution in [2.24, 2.45) is 0 Å². The first-order chi connectivity index (χ1) is 10.8. The maximum Gasteiger partial charge on any atom is 0.0735 e. The summed E-state index contributed by atoms with van der Waals surface area (Å²) in [7, 11) is 0.